The number of nitrogens with zero attached hydrogens (tertiary/aromatic N) is 3. The van der Waals surface area contributed by atoms with E-state index in [1.807, 2.05) is 31.2 Å². The summed E-state index contributed by atoms with van der Waals surface area (Å²) in [5, 5.41) is 6.48. The maximum Gasteiger partial charge on any atom is 0.269 e. The van der Waals surface area contributed by atoms with E-state index in [4.69, 9.17) is 4.52 Å². The Morgan fingerprint density at radius 3 is 2.60 bits per heavy atom. The van der Waals surface area contributed by atoms with Crippen molar-refractivity contribution < 1.29 is 22.5 Å². The summed E-state index contributed by atoms with van der Waals surface area (Å²) in [7, 11) is -3.93. The number of amides is 2. The molecule has 0 spiro atoms. The van der Waals surface area contributed by atoms with Crippen molar-refractivity contribution in [1.82, 2.24) is 19.8 Å². The molecule has 0 saturated heterocycles. The van der Waals surface area contributed by atoms with Crippen LogP contribution in [0.15, 0.2) is 57.9 Å². The number of carbonyl (C=O) groups excluding carboxylic acids is 2. The maximum atomic E-state index is 12.5. The highest BCUT2D eigenvalue weighted by Gasteiger charge is 2.40. The Kier molecular flexibility index (Phi) is 5.08. The van der Waals surface area contributed by atoms with Crippen LogP contribution in [-0.2, 0) is 21.4 Å². The van der Waals surface area contributed by atoms with Gasteiger partial charge in [-0.1, -0.05) is 47.1 Å². The van der Waals surface area contributed by atoms with Crippen molar-refractivity contribution in [3.05, 3.63) is 65.5 Å². The van der Waals surface area contributed by atoms with Crippen LogP contribution < -0.4 is 5.32 Å². The summed E-state index contributed by atoms with van der Waals surface area (Å²) in [6, 6.07) is 13.6. The first-order valence-corrected chi connectivity index (χ1v) is 10.6. The lowest BCUT2D eigenvalue weighted by Gasteiger charge is -2.14. The van der Waals surface area contributed by atoms with E-state index in [2.05, 4.69) is 15.5 Å². The Morgan fingerprint density at radius 1 is 1.13 bits per heavy atom. The molecule has 2 heterocycles. The molecule has 3 aromatic rings. The van der Waals surface area contributed by atoms with E-state index in [1.165, 1.54) is 12.1 Å². The minimum absolute atomic E-state index is 0.00137. The fourth-order valence-electron chi connectivity index (χ4n) is 3.06. The number of hydrogen-bond acceptors (Lipinski definition) is 7. The molecule has 1 aromatic heterocycles. The van der Waals surface area contributed by atoms with Crippen LogP contribution in [0.1, 0.15) is 28.2 Å². The zero-order chi connectivity index (χ0) is 21.3. The Labute approximate surface area is 172 Å². The van der Waals surface area contributed by atoms with Gasteiger partial charge in [-0.15, -0.1) is 0 Å². The summed E-state index contributed by atoms with van der Waals surface area (Å²) >= 11 is 0. The summed E-state index contributed by atoms with van der Waals surface area (Å²) in [6.07, 6.45) is -0.183. The van der Waals surface area contributed by atoms with E-state index in [1.54, 1.807) is 12.1 Å². The van der Waals surface area contributed by atoms with E-state index in [0.29, 0.717) is 5.82 Å². The standard InChI is InChI=1S/C20H18N4O5S/c1-13-6-8-14(9-7-13)19-22-18(29-23-19)12-21-17(25)10-11-24-20(26)15-4-2-3-5-16(15)30(24,27)28/h2-9H,10-12H2,1H3,(H,21,25). The minimum atomic E-state index is -3.93. The number of nitrogens with one attached hydrogen (secondary N) is 1. The van der Waals surface area contributed by atoms with Crippen molar-refractivity contribution >= 4 is 21.8 Å². The third-order valence-electron chi connectivity index (χ3n) is 4.67. The van der Waals surface area contributed by atoms with Gasteiger partial charge >= 0.3 is 0 Å². The van der Waals surface area contributed by atoms with Crippen LogP contribution in [-0.4, -0.2) is 41.2 Å². The van der Waals surface area contributed by atoms with Gasteiger partial charge in [-0.05, 0) is 19.1 Å². The van der Waals surface area contributed by atoms with Crippen molar-refractivity contribution in [2.75, 3.05) is 6.54 Å². The largest absolute Gasteiger partial charge is 0.347 e. The molecule has 0 saturated carbocycles. The summed E-state index contributed by atoms with van der Waals surface area (Å²) in [6.45, 7) is 1.72. The fraction of sp³-hybridized carbons (Fsp3) is 0.200. The molecule has 0 aliphatic carbocycles. The second-order valence-electron chi connectivity index (χ2n) is 6.78. The number of benzene rings is 2. The quantitative estimate of drug-likeness (QED) is 0.639. The number of carbonyl (C=O) groups is 2. The fourth-order valence-corrected chi connectivity index (χ4v) is 4.63. The van der Waals surface area contributed by atoms with Crippen molar-refractivity contribution in [1.29, 1.82) is 0 Å². The van der Waals surface area contributed by atoms with Crippen LogP contribution >= 0.6 is 0 Å². The van der Waals surface area contributed by atoms with Gasteiger partial charge in [0.15, 0.2) is 0 Å². The Bertz CT molecular complexity index is 1220. The van der Waals surface area contributed by atoms with Gasteiger partial charge in [0.25, 0.3) is 15.9 Å². The van der Waals surface area contributed by atoms with Crippen molar-refractivity contribution in [2.24, 2.45) is 0 Å². The summed E-state index contributed by atoms with van der Waals surface area (Å²) in [4.78, 5) is 28.7. The maximum absolute atomic E-state index is 12.5. The number of sulfonamides is 1. The van der Waals surface area contributed by atoms with E-state index >= 15 is 0 Å². The molecule has 1 aliphatic heterocycles. The minimum Gasteiger partial charge on any atom is -0.347 e. The molecular weight excluding hydrogens is 408 g/mol. The molecule has 9 nitrogen and oxygen atoms in total. The zero-order valence-corrected chi connectivity index (χ0v) is 16.8. The molecule has 2 amide bonds. The summed E-state index contributed by atoms with van der Waals surface area (Å²) in [5.74, 6) is -0.441. The highest BCUT2D eigenvalue weighted by Crippen LogP contribution is 2.29. The molecule has 10 heteroatoms. The normalized spacial score (nSPS) is 14.6. The smallest absolute Gasteiger partial charge is 0.269 e. The van der Waals surface area contributed by atoms with E-state index < -0.39 is 21.8 Å². The molecule has 30 heavy (non-hydrogen) atoms. The molecule has 0 bridgehead atoms. The number of hydrogen-bond donors (Lipinski definition) is 1. The molecular formula is C20H18N4O5S. The van der Waals surface area contributed by atoms with Gasteiger partial charge < -0.3 is 9.84 Å². The van der Waals surface area contributed by atoms with Gasteiger partial charge in [-0.3, -0.25) is 9.59 Å². The molecule has 0 fully saturated rings. The number of aryl methyl sites for hydroxylation is 1. The molecule has 4 rings (SSSR count). The second kappa shape index (κ2) is 7.71. The first-order chi connectivity index (χ1) is 14.4. The van der Waals surface area contributed by atoms with Crippen LogP contribution in [0.4, 0.5) is 0 Å². The number of fused-ring (bicyclic) bond motifs is 1. The predicted molar refractivity (Wildman–Crippen MR) is 106 cm³/mol. The summed E-state index contributed by atoms with van der Waals surface area (Å²) in [5.41, 5.74) is 2.02. The Balaban J connectivity index is 1.33. The topological polar surface area (TPSA) is 122 Å². The van der Waals surface area contributed by atoms with Gasteiger partial charge in [0.2, 0.25) is 17.6 Å². The van der Waals surface area contributed by atoms with Crippen molar-refractivity contribution in [3.8, 4) is 11.4 Å². The highest BCUT2D eigenvalue weighted by molar-refractivity contribution is 7.90. The number of aromatic nitrogens is 2. The molecule has 154 valence electrons. The summed E-state index contributed by atoms with van der Waals surface area (Å²) < 4.78 is 30.8. The molecule has 0 radical (unpaired) electrons. The lowest BCUT2D eigenvalue weighted by Crippen LogP contribution is -2.34. The lowest BCUT2D eigenvalue weighted by molar-refractivity contribution is -0.121. The van der Waals surface area contributed by atoms with Gasteiger partial charge in [-0.25, -0.2) is 12.7 Å². The monoisotopic (exact) mass is 426 g/mol. The zero-order valence-electron chi connectivity index (χ0n) is 16.0. The van der Waals surface area contributed by atoms with Crippen LogP contribution in [0.2, 0.25) is 0 Å². The lowest BCUT2D eigenvalue weighted by atomic mass is 10.1. The van der Waals surface area contributed by atoms with Crippen LogP contribution in [0.5, 0.6) is 0 Å². The molecule has 1 aliphatic rings. The third-order valence-corrected chi connectivity index (χ3v) is 6.51. The van der Waals surface area contributed by atoms with Gasteiger partial charge in [0, 0.05) is 18.5 Å². The van der Waals surface area contributed by atoms with Crippen LogP contribution in [0.3, 0.4) is 0 Å². The van der Waals surface area contributed by atoms with Gasteiger partial charge in [0.1, 0.15) is 4.90 Å². The molecule has 0 atom stereocenters. The number of rotatable bonds is 6. The highest BCUT2D eigenvalue weighted by atomic mass is 32.2. The first kappa shape index (κ1) is 19.8. The molecule has 2 aromatic carbocycles. The Hall–Kier alpha value is -3.53. The van der Waals surface area contributed by atoms with Crippen molar-refractivity contribution in [3.63, 3.8) is 0 Å². The van der Waals surface area contributed by atoms with E-state index in [0.717, 1.165) is 15.4 Å². The van der Waals surface area contributed by atoms with Crippen LogP contribution in [0, 0.1) is 6.92 Å². The van der Waals surface area contributed by atoms with Crippen molar-refractivity contribution in [2.45, 2.75) is 24.8 Å². The average molecular weight is 426 g/mol. The Morgan fingerprint density at radius 2 is 1.87 bits per heavy atom. The van der Waals surface area contributed by atoms with Gasteiger partial charge in [0.05, 0.1) is 12.1 Å². The first-order valence-electron chi connectivity index (χ1n) is 9.19. The van der Waals surface area contributed by atoms with E-state index in [-0.39, 0.29) is 35.9 Å². The molecule has 1 N–H and O–H groups in total. The van der Waals surface area contributed by atoms with Gasteiger partial charge in [-0.2, -0.15) is 4.98 Å². The third kappa shape index (κ3) is 3.69. The average Bonchev–Trinajstić information content (AvgIpc) is 3.28. The molecule has 0 unspecified atom stereocenters. The van der Waals surface area contributed by atoms with E-state index in [9.17, 15) is 18.0 Å². The second-order valence-corrected chi connectivity index (χ2v) is 8.61. The predicted octanol–water partition coefficient (Wildman–Crippen LogP) is 1.90. The van der Waals surface area contributed by atoms with Crippen LogP contribution in [0.25, 0.3) is 11.4 Å². The SMILES string of the molecule is Cc1ccc(-c2noc(CNC(=O)CCN3C(=O)c4ccccc4S3(=O)=O)n2)cc1.